The molecule has 0 saturated carbocycles. The normalized spacial score (nSPS) is 15.5. The number of carbonyl (C=O) groups excluding carboxylic acids is 2. The zero-order valence-corrected chi connectivity index (χ0v) is 14.9. The Morgan fingerprint density at radius 3 is 2.08 bits per heavy atom. The molecule has 0 atom stereocenters. The largest absolute Gasteiger partial charge is 0.507 e. The maximum Gasteiger partial charge on any atom is 0.170 e. The Kier molecular flexibility index (Phi) is 5.21. The average molecular weight is 334 g/mol. The number of rotatable bonds is 6. The van der Waals surface area contributed by atoms with Crippen molar-refractivity contribution in [1.29, 1.82) is 0 Å². The number of ketones is 2. The molecule has 2 rings (SSSR count). The molecule has 5 heteroatoms. The van der Waals surface area contributed by atoms with Gasteiger partial charge in [-0.1, -0.05) is 13.8 Å². The van der Waals surface area contributed by atoms with Gasteiger partial charge in [-0.2, -0.15) is 0 Å². The third-order valence-electron chi connectivity index (χ3n) is 4.36. The molecule has 0 saturated heterocycles. The number of carbonyl (C=O) groups is 2. The molecule has 1 aromatic rings. The number of benzene rings is 1. The van der Waals surface area contributed by atoms with Crippen LogP contribution in [0, 0.1) is 0 Å². The summed E-state index contributed by atoms with van der Waals surface area (Å²) >= 11 is 0. The number of phenolic OH excluding ortho intramolecular Hbond substituents is 2. The Balaban J connectivity index is 2.73. The summed E-state index contributed by atoms with van der Waals surface area (Å²) in [4.78, 5) is 24.9. The van der Waals surface area contributed by atoms with Gasteiger partial charge in [0.2, 0.25) is 0 Å². The summed E-state index contributed by atoms with van der Waals surface area (Å²) in [6, 6.07) is 0. The first-order valence-electron chi connectivity index (χ1n) is 8.59. The van der Waals surface area contributed by atoms with E-state index in [4.69, 9.17) is 4.74 Å². The fourth-order valence-electron chi connectivity index (χ4n) is 3.08. The molecule has 1 aliphatic rings. The van der Waals surface area contributed by atoms with Crippen molar-refractivity contribution in [2.24, 2.45) is 0 Å². The van der Waals surface area contributed by atoms with Gasteiger partial charge in [0.1, 0.15) is 34.0 Å². The van der Waals surface area contributed by atoms with Crippen molar-refractivity contribution in [3.63, 3.8) is 0 Å². The van der Waals surface area contributed by atoms with E-state index >= 15 is 0 Å². The SMILES string of the molecule is CCCC(=O)c1c(O)c2c(c(C(=O)CCC)c1O)OC(C)(C)CC2. The van der Waals surface area contributed by atoms with Gasteiger partial charge in [0.15, 0.2) is 11.6 Å². The molecule has 132 valence electrons. The molecular weight excluding hydrogens is 308 g/mol. The number of fused-ring (bicyclic) bond motifs is 1. The van der Waals surface area contributed by atoms with Crippen molar-refractivity contribution < 1.29 is 24.5 Å². The Labute approximate surface area is 142 Å². The van der Waals surface area contributed by atoms with Crippen molar-refractivity contribution in [3.05, 3.63) is 16.7 Å². The lowest BCUT2D eigenvalue weighted by Crippen LogP contribution is -2.34. The highest BCUT2D eigenvalue weighted by molar-refractivity contribution is 6.09. The zero-order valence-electron chi connectivity index (χ0n) is 14.9. The molecule has 0 aromatic heterocycles. The molecule has 1 heterocycles. The lowest BCUT2D eigenvalue weighted by Gasteiger charge is -2.34. The Hall–Kier alpha value is -2.04. The summed E-state index contributed by atoms with van der Waals surface area (Å²) in [6.45, 7) is 7.51. The lowest BCUT2D eigenvalue weighted by atomic mass is 9.87. The van der Waals surface area contributed by atoms with E-state index < -0.39 is 11.4 Å². The van der Waals surface area contributed by atoms with Gasteiger partial charge in [-0.3, -0.25) is 9.59 Å². The van der Waals surface area contributed by atoms with Gasteiger partial charge in [0, 0.05) is 18.4 Å². The predicted octanol–water partition coefficient (Wildman–Crippen LogP) is 4.17. The molecule has 0 unspecified atom stereocenters. The van der Waals surface area contributed by atoms with Crippen LogP contribution in [0.15, 0.2) is 0 Å². The van der Waals surface area contributed by atoms with E-state index in [1.54, 1.807) is 0 Å². The number of hydrogen-bond acceptors (Lipinski definition) is 5. The minimum atomic E-state index is -0.498. The second-order valence-electron chi connectivity index (χ2n) is 6.96. The number of hydrogen-bond donors (Lipinski definition) is 2. The molecule has 1 aliphatic heterocycles. The van der Waals surface area contributed by atoms with Gasteiger partial charge in [-0.25, -0.2) is 0 Å². The summed E-state index contributed by atoms with van der Waals surface area (Å²) in [5.41, 5.74) is -0.150. The summed E-state index contributed by atoms with van der Waals surface area (Å²) in [6.07, 6.45) is 2.81. The van der Waals surface area contributed by atoms with Crippen LogP contribution in [-0.4, -0.2) is 27.4 Å². The molecule has 0 aliphatic carbocycles. The number of Topliss-reactive ketones (excluding diaryl/α,β-unsaturated/α-hetero) is 2. The Morgan fingerprint density at radius 1 is 1.00 bits per heavy atom. The first-order valence-corrected chi connectivity index (χ1v) is 8.59. The van der Waals surface area contributed by atoms with E-state index in [0.717, 1.165) is 0 Å². The maximum atomic E-state index is 12.6. The third kappa shape index (κ3) is 3.25. The minimum Gasteiger partial charge on any atom is -0.507 e. The van der Waals surface area contributed by atoms with Crippen molar-refractivity contribution in [2.45, 2.75) is 71.8 Å². The quantitative estimate of drug-likeness (QED) is 0.763. The van der Waals surface area contributed by atoms with Gasteiger partial charge in [-0.05, 0) is 39.5 Å². The summed E-state index contributed by atoms with van der Waals surface area (Å²) in [7, 11) is 0. The minimum absolute atomic E-state index is 0.0388. The molecule has 24 heavy (non-hydrogen) atoms. The standard InChI is InChI=1S/C19H26O5/c1-5-7-12(20)14-16(22)11-9-10-19(3,4)24-18(11)15(17(14)23)13(21)8-6-2/h22-23H,5-10H2,1-4H3. The van der Waals surface area contributed by atoms with E-state index in [1.165, 1.54) is 0 Å². The number of ether oxygens (including phenoxy) is 1. The van der Waals surface area contributed by atoms with E-state index in [-0.39, 0.29) is 47.0 Å². The van der Waals surface area contributed by atoms with Gasteiger partial charge in [-0.15, -0.1) is 0 Å². The van der Waals surface area contributed by atoms with Crippen LogP contribution in [0.1, 0.15) is 86.1 Å². The molecule has 0 spiro atoms. The van der Waals surface area contributed by atoms with Crippen LogP contribution in [0.3, 0.4) is 0 Å². The summed E-state index contributed by atoms with van der Waals surface area (Å²) in [5, 5.41) is 21.2. The van der Waals surface area contributed by atoms with Crippen LogP contribution in [0.4, 0.5) is 0 Å². The third-order valence-corrected chi connectivity index (χ3v) is 4.36. The van der Waals surface area contributed by atoms with Crippen LogP contribution < -0.4 is 4.74 Å². The predicted molar refractivity (Wildman–Crippen MR) is 91.3 cm³/mol. The smallest absolute Gasteiger partial charge is 0.170 e. The summed E-state index contributed by atoms with van der Waals surface area (Å²) in [5.74, 6) is -1.08. The van der Waals surface area contributed by atoms with Gasteiger partial charge in [0.25, 0.3) is 0 Å². The van der Waals surface area contributed by atoms with E-state index in [1.807, 2.05) is 27.7 Å². The molecule has 0 amide bonds. The molecular formula is C19H26O5. The monoisotopic (exact) mass is 334 g/mol. The first kappa shape index (κ1) is 18.3. The number of phenols is 2. The highest BCUT2D eigenvalue weighted by Gasteiger charge is 2.37. The van der Waals surface area contributed by atoms with E-state index in [9.17, 15) is 19.8 Å². The molecule has 0 radical (unpaired) electrons. The molecule has 1 aromatic carbocycles. The van der Waals surface area contributed by atoms with Gasteiger partial charge in [0.05, 0.1) is 0 Å². The second kappa shape index (κ2) is 6.83. The second-order valence-corrected chi connectivity index (χ2v) is 6.96. The lowest BCUT2D eigenvalue weighted by molar-refractivity contribution is 0.0786. The molecule has 5 nitrogen and oxygen atoms in total. The van der Waals surface area contributed by atoms with Crippen LogP contribution >= 0.6 is 0 Å². The number of aromatic hydroxyl groups is 2. The fraction of sp³-hybridized carbons (Fsp3) is 0.579. The van der Waals surface area contributed by atoms with Crippen molar-refractivity contribution >= 4 is 11.6 Å². The molecule has 2 N–H and O–H groups in total. The first-order chi connectivity index (χ1) is 11.2. The Morgan fingerprint density at radius 2 is 1.54 bits per heavy atom. The molecule has 0 fully saturated rings. The highest BCUT2D eigenvalue weighted by atomic mass is 16.5. The molecule has 0 bridgehead atoms. The van der Waals surface area contributed by atoms with Crippen LogP contribution in [0.25, 0.3) is 0 Å². The van der Waals surface area contributed by atoms with Gasteiger partial charge >= 0.3 is 0 Å². The zero-order chi connectivity index (χ0) is 18.1. The summed E-state index contributed by atoms with van der Waals surface area (Å²) < 4.78 is 5.92. The van der Waals surface area contributed by atoms with Crippen LogP contribution in [0.2, 0.25) is 0 Å². The maximum absolute atomic E-state index is 12.6. The van der Waals surface area contributed by atoms with Crippen LogP contribution in [0.5, 0.6) is 17.2 Å². The average Bonchev–Trinajstić information content (AvgIpc) is 2.46. The van der Waals surface area contributed by atoms with Crippen molar-refractivity contribution in [1.82, 2.24) is 0 Å². The van der Waals surface area contributed by atoms with Crippen molar-refractivity contribution in [2.75, 3.05) is 0 Å². The van der Waals surface area contributed by atoms with E-state index in [2.05, 4.69) is 0 Å². The fourth-order valence-corrected chi connectivity index (χ4v) is 3.08. The topological polar surface area (TPSA) is 83.8 Å². The Bertz CT molecular complexity index is 673. The van der Waals surface area contributed by atoms with Crippen LogP contribution in [-0.2, 0) is 6.42 Å². The van der Waals surface area contributed by atoms with E-state index in [0.29, 0.717) is 31.2 Å². The van der Waals surface area contributed by atoms with Crippen molar-refractivity contribution in [3.8, 4) is 17.2 Å². The van der Waals surface area contributed by atoms with Gasteiger partial charge < -0.3 is 14.9 Å². The highest BCUT2D eigenvalue weighted by Crippen LogP contribution is 2.48.